The van der Waals surface area contributed by atoms with Gasteiger partial charge in [0.15, 0.2) is 5.13 Å². The Hall–Kier alpha value is -2.17. The van der Waals surface area contributed by atoms with Crippen molar-refractivity contribution in [1.29, 1.82) is 0 Å². The van der Waals surface area contributed by atoms with Crippen LogP contribution in [0.15, 0.2) is 40.7 Å². The Bertz CT molecular complexity index is 971. The lowest BCUT2D eigenvalue weighted by Gasteiger charge is -2.33. The van der Waals surface area contributed by atoms with E-state index < -0.39 is 10.0 Å². The van der Waals surface area contributed by atoms with Crippen molar-refractivity contribution in [2.24, 2.45) is 5.92 Å². The second-order valence-corrected chi connectivity index (χ2v) is 10.6. The Morgan fingerprint density at radius 2 is 1.81 bits per heavy atom. The maximum absolute atomic E-state index is 13.1. The first-order valence-electron chi connectivity index (χ1n) is 10.6. The Labute approximate surface area is 187 Å². The van der Waals surface area contributed by atoms with Crippen LogP contribution in [0.4, 0.5) is 5.13 Å². The van der Waals surface area contributed by atoms with E-state index in [2.05, 4.69) is 9.88 Å². The van der Waals surface area contributed by atoms with Gasteiger partial charge in [-0.2, -0.15) is 4.31 Å². The second kappa shape index (κ2) is 9.54. The molecule has 0 radical (unpaired) electrons. The minimum Gasteiger partial charge on any atom is -0.497 e. The van der Waals surface area contributed by atoms with Crippen molar-refractivity contribution < 1.29 is 17.9 Å². The van der Waals surface area contributed by atoms with Crippen LogP contribution < -0.4 is 9.64 Å². The van der Waals surface area contributed by atoms with Crippen molar-refractivity contribution in [3.63, 3.8) is 0 Å². The number of sulfonamides is 1. The molecule has 2 aliphatic heterocycles. The molecule has 2 saturated heterocycles. The third-order valence-electron chi connectivity index (χ3n) is 6.00. The van der Waals surface area contributed by atoms with Gasteiger partial charge in [0.05, 0.1) is 12.0 Å². The van der Waals surface area contributed by atoms with E-state index >= 15 is 0 Å². The number of thiazole rings is 1. The van der Waals surface area contributed by atoms with E-state index in [-0.39, 0.29) is 16.7 Å². The monoisotopic (exact) mass is 464 g/mol. The molecule has 31 heavy (non-hydrogen) atoms. The van der Waals surface area contributed by atoms with Crippen molar-refractivity contribution >= 4 is 32.4 Å². The van der Waals surface area contributed by atoms with Crippen molar-refractivity contribution in [1.82, 2.24) is 14.2 Å². The summed E-state index contributed by atoms with van der Waals surface area (Å²) in [6, 6.07) is 6.43. The third kappa shape index (κ3) is 4.86. The minimum absolute atomic E-state index is 0.117. The molecule has 0 aliphatic carbocycles. The summed E-state index contributed by atoms with van der Waals surface area (Å²) < 4.78 is 32.5. The highest BCUT2D eigenvalue weighted by Gasteiger charge is 2.34. The zero-order valence-corrected chi connectivity index (χ0v) is 19.3. The lowest BCUT2D eigenvalue weighted by atomic mass is 9.96. The number of rotatable bonds is 5. The number of anilines is 1. The number of amides is 1. The fourth-order valence-corrected chi connectivity index (χ4v) is 6.37. The number of ether oxygens (including phenoxy) is 1. The minimum atomic E-state index is -3.56. The molecular weight excluding hydrogens is 436 g/mol. The van der Waals surface area contributed by atoms with E-state index in [1.165, 1.54) is 4.31 Å². The lowest BCUT2D eigenvalue weighted by molar-refractivity contribution is -0.136. The summed E-state index contributed by atoms with van der Waals surface area (Å²) in [5, 5.41) is 2.98. The van der Waals surface area contributed by atoms with E-state index in [1.807, 2.05) is 16.5 Å². The highest BCUT2D eigenvalue weighted by atomic mass is 32.2. The summed E-state index contributed by atoms with van der Waals surface area (Å²) in [6.45, 7) is 3.83. The van der Waals surface area contributed by atoms with Gasteiger partial charge in [-0.05, 0) is 43.5 Å². The molecule has 10 heteroatoms. The average molecular weight is 465 g/mol. The number of hydrogen-bond acceptors (Lipinski definition) is 7. The van der Waals surface area contributed by atoms with Crippen LogP contribution in [0.1, 0.15) is 19.3 Å². The molecule has 0 saturated carbocycles. The van der Waals surface area contributed by atoms with Crippen LogP contribution in [0, 0.1) is 5.92 Å². The van der Waals surface area contributed by atoms with Crippen LogP contribution in [0.5, 0.6) is 5.75 Å². The summed E-state index contributed by atoms with van der Waals surface area (Å²) in [7, 11) is -2.01. The molecule has 168 valence electrons. The van der Waals surface area contributed by atoms with Gasteiger partial charge in [-0.25, -0.2) is 13.4 Å². The topological polar surface area (TPSA) is 83.0 Å². The number of methoxy groups -OCH3 is 1. The first-order valence-corrected chi connectivity index (χ1v) is 12.9. The maximum atomic E-state index is 13.1. The van der Waals surface area contributed by atoms with Gasteiger partial charge in [0.1, 0.15) is 5.75 Å². The number of nitrogens with zero attached hydrogens (tertiary/aromatic N) is 4. The van der Waals surface area contributed by atoms with E-state index in [4.69, 9.17) is 4.74 Å². The van der Waals surface area contributed by atoms with Crippen molar-refractivity contribution in [3.8, 4) is 5.75 Å². The quantitative estimate of drug-likeness (QED) is 0.675. The van der Waals surface area contributed by atoms with Crippen molar-refractivity contribution in [2.45, 2.75) is 24.2 Å². The molecule has 3 heterocycles. The van der Waals surface area contributed by atoms with Gasteiger partial charge in [0.2, 0.25) is 15.9 Å². The molecule has 0 N–H and O–H groups in total. The van der Waals surface area contributed by atoms with E-state index in [0.717, 1.165) is 31.2 Å². The molecule has 1 aromatic carbocycles. The fourth-order valence-electron chi connectivity index (χ4n) is 4.20. The molecule has 2 aliphatic rings. The molecule has 0 spiro atoms. The zero-order chi connectivity index (χ0) is 21.8. The number of aromatic nitrogens is 1. The van der Waals surface area contributed by atoms with E-state index in [1.54, 1.807) is 42.7 Å². The Balaban J connectivity index is 1.33. The largest absolute Gasteiger partial charge is 0.497 e. The van der Waals surface area contributed by atoms with Crippen molar-refractivity contribution in [2.75, 3.05) is 51.3 Å². The molecule has 1 amide bonds. The summed E-state index contributed by atoms with van der Waals surface area (Å²) in [4.78, 5) is 21.9. The summed E-state index contributed by atoms with van der Waals surface area (Å²) in [5.41, 5.74) is 0. The molecule has 4 rings (SSSR count). The van der Waals surface area contributed by atoms with Gasteiger partial charge in [-0.15, -0.1) is 11.3 Å². The number of piperidine rings is 1. The summed E-state index contributed by atoms with van der Waals surface area (Å²) in [6.07, 6.45) is 3.83. The van der Waals surface area contributed by atoms with Crippen LogP contribution in [-0.2, 0) is 14.8 Å². The SMILES string of the molecule is COc1ccc(S(=O)(=O)N2CCC(C(=O)N3CCCN(c4nccs4)CC3)CC2)cc1. The molecule has 0 bridgehead atoms. The first-order chi connectivity index (χ1) is 15.0. The maximum Gasteiger partial charge on any atom is 0.243 e. The number of benzene rings is 1. The molecule has 1 aromatic heterocycles. The number of hydrogen-bond donors (Lipinski definition) is 0. The van der Waals surface area contributed by atoms with Gasteiger partial charge < -0.3 is 14.5 Å². The number of carbonyl (C=O) groups is 1. The highest BCUT2D eigenvalue weighted by Crippen LogP contribution is 2.27. The Morgan fingerprint density at radius 1 is 1.06 bits per heavy atom. The standard InChI is InChI=1S/C21H28N4O4S2/c1-29-18-3-5-19(6-4-18)31(27,28)25-12-7-17(8-13-25)20(26)23-10-2-11-24(15-14-23)21-22-9-16-30-21/h3-6,9,16-17H,2,7-8,10-15H2,1H3. The molecule has 2 aromatic rings. The smallest absolute Gasteiger partial charge is 0.243 e. The van der Waals surface area contributed by atoms with Gasteiger partial charge in [-0.1, -0.05) is 0 Å². The molecule has 8 nitrogen and oxygen atoms in total. The van der Waals surface area contributed by atoms with Crippen LogP contribution in [0.3, 0.4) is 0 Å². The van der Waals surface area contributed by atoms with Crippen LogP contribution in [0.2, 0.25) is 0 Å². The van der Waals surface area contributed by atoms with E-state index in [0.29, 0.717) is 38.2 Å². The summed E-state index contributed by atoms with van der Waals surface area (Å²) in [5.74, 6) is 0.658. The molecule has 0 unspecified atom stereocenters. The molecule has 0 atom stereocenters. The third-order valence-corrected chi connectivity index (χ3v) is 8.74. The predicted molar refractivity (Wildman–Crippen MR) is 120 cm³/mol. The average Bonchev–Trinajstić information content (AvgIpc) is 3.23. The van der Waals surface area contributed by atoms with Crippen LogP contribution in [-0.4, -0.2) is 74.9 Å². The Kier molecular flexibility index (Phi) is 6.78. The second-order valence-electron chi connectivity index (χ2n) is 7.83. The first kappa shape index (κ1) is 22.0. The van der Waals surface area contributed by atoms with Gasteiger partial charge in [0, 0.05) is 56.8 Å². The highest BCUT2D eigenvalue weighted by molar-refractivity contribution is 7.89. The summed E-state index contributed by atoms with van der Waals surface area (Å²) >= 11 is 1.62. The van der Waals surface area contributed by atoms with Gasteiger partial charge >= 0.3 is 0 Å². The van der Waals surface area contributed by atoms with Crippen molar-refractivity contribution in [3.05, 3.63) is 35.8 Å². The van der Waals surface area contributed by atoms with Crippen LogP contribution >= 0.6 is 11.3 Å². The Morgan fingerprint density at radius 3 is 2.45 bits per heavy atom. The number of carbonyl (C=O) groups excluding carboxylic acids is 1. The van der Waals surface area contributed by atoms with Crippen LogP contribution in [0.25, 0.3) is 0 Å². The predicted octanol–water partition coefficient (Wildman–Crippen LogP) is 2.29. The van der Waals surface area contributed by atoms with E-state index in [9.17, 15) is 13.2 Å². The lowest BCUT2D eigenvalue weighted by Crippen LogP contribution is -2.45. The fraction of sp³-hybridized carbons (Fsp3) is 0.524. The molecular formula is C21H28N4O4S2. The normalized spacial score (nSPS) is 19.3. The van der Waals surface area contributed by atoms with Gasteiger partial charge in [0.25, 0.3) is 0 Å². The van der Waals surface area contributed by atoms with Gasteiger partial charge in [-0.3, -0.25) is 4.79 Å². The molecule has 2 fully saturated rings. The zero-order valence-electron chi connectivity index (χ0n) is 17.6.